The van der Waals surface area contributed by atoms with Crippen LogP contribution in [0.1, 0.15) is 52.0 Å². The monoisotopic (exact) mass is 444 g/mol. The number of benzene rings is 2. The van der Waals surface area contributed by atoms with Gasteiger partial charge in [-0.05, 0) is 42.5 Å². The van der Waals surface area contributed by atoms with Crippen molar-refractivity contribution in [1.29, 1.82) is 0 Å². The molecule has 1 aromatic heterocycles. The number of carbonyl (C=O) groups excluding carboxylic acids is 2. The number of H-pyrrole nitrogens is 1. The van der Waals surface area contributed by atoms with Crippen LogP contribution in [0.3, 0.4) is 0 Å². The van der Waals surface area contributed by atoms with Gasteiger partial charge in [-0.15, -0.1) is 0 Å². The summed E-state index contributed by atoms with van der Waals surface area (Å²) in [6, 6.07) is 17.6. The smallest absolute Gasteiger partial charge is 0.261 e. The zero-order valence-corrected chi connectivity index (χ0v) is 18.7. The molecule has 0 spiro atoms. The summed E-state index contributed by atoms with van der Waals surface area (Å²) >= 11 is 0. The number of anilines is 1. The predicted molar refractivity (Wildman–Crippen MR) is 125 cm³/mol. The molecule has 0 saturated carbocycles. The van der Waals surface area contributed by atoms with E-state index in [1.807, 2.05) is 53.4 Å². The summed E-state index contributed by atoms with van der Waals surface area (Å²) in [5, 5.41) is 7.23. The summed E-state index contributed by atoms with van der Waals surface area (Å²) in [6.07, 6.45) is 3.63. The van der Waals surface area contributed by atoms with Crippen LogP contribution in [0.4, 0.5) is 5.69 Å². The van der Waals surface area contributed by atoms with E-state index in [1.165, 1.54) is 5.56 Å². The van der Waals surface area contributed by atoms with E-state index in [1.54, 1.807) is 18.1 Å². The van der Waals surface area contributed by atoms with Crippen molar-refractivity contribution in [2.75, 3.05) is 31.6 Å². The van der Waals surface area contributed by atoms with Crippen LogP contribution in [0.15, 0.2) is 60.8 Å². The predicted octanol–water partition coefficient (Wildman–Crippen LogP) is 3.71. The van der Waals surface area contributed by atoms with Crippen LogP contribution < -0.4 is 4.90 Å². The van der Waals surface area contributed by atoms with Crippen LogP contribution in [0, 0.1) is 0 Å². The number of aromatic amines is 1. The number of nitrogens with zero attached hydrogens (tertiary/aromatic N) is 3. The van der Waals surface area contributed by atoms with Crippen LogP contribution in [0.2, 0.25) is 0 Å². The van der Waals surface area contributed by atoms with Crippen molar-refractivity contribution in [2.24, 2.45) is 0 Å². The summed E-state index contributed by atoms with van der Waals surface area (Å²) in [5.41, 5.74) is 4.33. The fraction of sp³-hybridized carbons (Fsp3) is 0.346. The molecule has 33 heavy (non-hydrogen) atoms. The molecule has 2 amide bonds. The van der Waals surface area contributed by atoms with Gasteiger partial charge in [0.25, 0.3) is 11.8 Å². The van der Waals surface area contributed by atoms with Crippen LogP contribution in [0.5, 0.6) is 0 Å². The molecule has 7 heteroatoms. The van der Waals surface area contributed by atoms with Gasteiger partial charge < -0.3 is 14.5 Å². The van der Waals surface area contributed by atoms with Gasteiger partial charge in [-0.1, -0.05) is 42.5 Å². The first-order valence-corrected chi connectivity index (χ1v) is 11.5. The molecule has 2 aromatic carbocycles. The Morgan fingerprint density at radius 3 is 2.76 bits per heavy atom. The molecule has 2 atom stereocenters. The van der Waals surface area contributed by atoms with Crippen molar-refractivity contribution in [3.63, 3.8) is 0 Å². The standard InChI is InChI=1S/C26H28N4O3/c1-29(20-10-3-2-4-11-20)25(31)22-16-27-28-23(22)19-9-7-14-30(17-19)26(32)24-21-12-6-5-8-18(21)13-15-33-24/h2-6,8,10-12,16,19,24H,7,9,13-15,17H2,1H3,(H,27,28)/t19-,24+/m0/s1. The van der Waals surface area contributed by atoms with Crippen LogP contribution in [-0.4, -0.2) is 53.7 Å². The van der Waals surface area contributed by atoms with Crippen LogP contribution in [-0.2, 0) is 16.0 Å². The highest BCUT2D eigenvalue weighted by molar-refractivity contribution is 6.06. The Balaban J connectivity index is 1.34. The summed E-state index contributed by atoms with van der Waals surface area (Å²) in [5.74, 6) is -0.0919. The van der Waals surface area contributed by atoms with Crippen LogP contribution in [0.25, 0.3) is 0 Å². The largest absolute Gasteiger partial charge is 0.363 e. The second-order valence-electron chi connectivity index (χ2n) is 8.72. The van der Waals surface area contributed by atoms with Gasteiger partial charge in [0.1, 0.15) is 0 Å². The second kappa shape index (κ2) is 9.19. The summed E-state index contributed by atoms with van der Waals surface area (Å²) < 4.78 is 5.92. The van der Waals surface area contributed by atoms with E-state index in [0.717, 1.165) is 36.2 Å². The lowest BCUT2D eigenvalue weighted by atomic mass is 9.91. The zero-order chi connectivity index (χ0) is 22.8. The average Bonchev–Trinajstić information content (AvgIpc) is 3.38. The average molecular weight is 445 g/mol. The van der Waals surface area contributed by atoms with E-state index in [9.17, 15) is 9.59 Å². The summed E-state index contributed by atoms with van der Waals surface area (Å²) in [7, 11) is 1.77. The fourth-order valence-corrected chi connectivity index (χ4v) is 4.90. The molecule has 3 aromatic rings. The van der Waals surface area contributed by atoms with E-state index in [-0.39, 0.29) is 17.7 Å². The number of aromatic nitrogens is 2. The van der Waals surface area contributed by atoms with Gasteiger partial charge >= 0.3 is 0 Å². The number of amides is 2. The maximum Gasteiger partial charge on any atom is 0.261 e. The Kier molecular flexibility index (Phi) is 5.96. The number of piperidine rings is 1. The molecule has 0 radical (unpaired) electrons. The van der Waals surface area contributed by atoms with E-state index in [4.69, 9.17) is 4.74 Å². The Morgan fingerprint density at radius 1 is 1.12 bits per heavy atom. The lowest BCUT2D eigenvalue weighted by Gasteiger charge is -2.36. The van der Waals surface area contributed by atoms with Gasteiger partial charge in [-0.25, -0.2) is 0 Å². The highest BCUT2D eigenvalue weighted by Gasteiger charge is 2.35. The summed E-state index contributed by atoms with van der Waals surface area (Å²) in [6.45, 7) is 1.78. The van der Waals surface area contributed by atoms with Crippen molar-refractivity contribution in [3.8, 4) is 0 Å². The Hall–Kier alpha value is -3.45. The number of ether oxygens (including phenoxy) is 1. The first-order valence-electron chi connectivity index (χ1n) is 11.5. The molecule has 0 bridgehead atoms. The third kappa shape index (κ3) is 4.16. The van der Waals surface area contributed by atoms with Crippen molar-refractivity contribution in [2.45, 2.75) is 31.3 Å². The van der Waals surface area contributed by atoms with E-state index in [2.05, 4.69) is 16.3 Å². The first kappa shape index (κ1) is 21.4. The SMILES string of the molecule is CN(C(=O)c1cn[nH]c1[C@H]1CCCN(C(=O)[C@@H]2OCCc3ccccc32)C1)c1ccccc1. The lowest BCUT2D eigenvalue weighted by Crippen LogP contribution is -2.43. The molecule has 2 aliphatic heterocycles. The minimum atomic E-state index is -0.555. The Morgan fingerprint density at radius 2 is 1.91 bits per heavy atom. The molecule has 0 unspecified atom stereocenters. The lowest BCUT2D eigenvalue weighted by molar-refractivity contribution is -0.146. The molecule has 1 N–H and O–H groups in total. The number of hydrogen-bond acceptors (Lipinski definition) is 4. The number of likely N-dealkylation sites (tertiary alicyclic amines) is 1. The maximum atomic E-state index is 13.4. The van der Waals surface area contributed by atoms with Crippen molar-refractivity contribution in [3.05, 3.63) is 83.2 Å². The Labute approximate surface area is 193 Å². The first-order chi connectivity index (χ1) is 16.1. The van der Waals surface area contributed by atoms with Gasteiger partial charge in [0, 0.05) is 31.7 Å². The van der Waals surface area contributed by atoms with E-state index >= 15 is 0 Å². The summed E-state index contributed by atoms with van der Waals surface area (Å²) in [4.78, 5) is 30.2. The Bertz CT molecular complexity index is 1140. The fourth-order valence-electron chi connectivity index (χ4n) is 4.90. The van der Waals surface area contributed by atoms with Gasteiger partial charge in [0.05, 0.1) is 24.1 Å². The normalized spacial score (nSPS) is 20.2. The third-order valence-corrected chi connectivity index (χ3v) is 6.71. The molecule has 1 saturated heterocycles. The van der Waals surface area contributed by atoms with Crippen molar-refractivity contribution >= 4 is 17.5 Å². The minimum Gasteiger partial charge on any atom is -0.363 e. The van der Waals surface area contributed by atoms with Gasteiger partial charge in [0.2, 0.25) is 0 Å². The molecule has 5 rings (SSSR count). The number of rotatable bonds is 4. The number of nitrogens with one attached hydrogen (secondary N) is 1. The number of hydrogen-bond donors (Lipinski definition) is 1. The zero-order valence-electron chi connectivity index (χ0n) is 18.7. The molecule has 1 fully saturated rings. The molecule has 3 heterocycles. The minimum absolute atomic E-state index is 0.000598. The molecular weight excluding hydrogens is 416 g/mol. The number of para-hydroxylation sites is 1. The maximum absolute atomic E-state index is 13.4. The molecule has 0 aliphatic carbocycles. The highest BCUT2D eigenvalue weighted by Crippen LogP contribution is 2.33. The van der Waals surface area contributed by atoms with Gasteiger partial charge in [-0.3, -0.25) is 14.7 Å². The van der Waals surface area contributed by atoms with Crippen LogP contribution >= 0.6 is 0 Å². The molecule has 2 aliphatic rings. The molecule has 170 valence electrons. The third-order valence-electron chi connectivity index (χ3n) is 6.71. The molecule has 7 nitrogen and oxygen atoms in total. The van der Waals surface area contributed by atoms with E-state index < -0.39 is 6.10 Å². The number of fused-ring (bicyclic) bond motifs is 1. The van der Waals surface area contributed by atoms with Gasteiger partial charge in [-0.2, -0.15) is 5.10 Å². The second-order valence-corrected chi connectivity index (χ2v) is 8.72. The highest BCUT2D eigenvalue weighted by atomic mass is 16.5. The van der Waals surface area contributed by atoms with E-state index in [0.29, 0.717) is 25.3 Å². The quantitative estimate of drug-likeness (QED) is 0.666. The topological polar surface area (TPSA) is 78.5 Å². The molecular formula is C26H28N4O3. The number of carbonyl (C=O) groups is 2. The van der Waals surface area contributed by atoms with Crippen molar-refractivity contribution < 1.29 is 14.3 Å². The van der Waals surface area contributed by atoms with Crippen molar-refractivity contribution in [1.82, 2.24) is 15.1 Å². The van der Waals surface area contributed by atoms with Gasteiger partial charge in [0.15, 0.2) is 6.10 Å².